The summed E-state index contributed by atoms with van der Waals surface area (Å²) in [5.74, 6) is 1.34. The van der Waals surface area contributed by atoms with Crippen molar-refractivity contribution in [2.75, 3.05) is 24.6 Å². The van der Waals surface area contributed by atoms with E-state index in [9.17, 15) is 0 Å². The number of hydrogen-bond donors (Lipinski definition) is 1. The zero-order valence-corrected chi connectivity index (χ0v) is 11.6. The average Bonchev–Trinajstić information content (AvgIpc) is 3.01. The molecule has 2 aromatic heterocycles. The van der Waals surface area contributed by atoms with Crippen molar-refractivity contribution in [3.63, 3.8) is 0 Å². The predicted octanol–water partition coefficient (Wildman–Crippen LogP) is 0.919. The lowest BCUT2D eigenvalue weighted by atomic mass is 9.98. The van der Waals surface area contributed by atoms with Crippen LogP contribution in [-0.2, 0) is 0 Å². The van der Waals surface area contributed by atoms with Crippen LogP contribution in [0, 0.1) is 5.92 Å². The minimum Gasteiger partial charge on any atom is -0.396 e. The van der Waals surface area contributed by atoms with Crippen LogP contribution in [0.15, 0.2) is 18.5 Å². The van der Waals surface area contributed by atoms with Crippen LogP contribution in [-0.4, -0.2) is 49.5 Å². The molecule has 0 atom stereocenters. The smallest absolute Gasteiger partial charge is 0.256 e. The molecule has 3 heterocycles. The molecule has 1 fully saturated rings. The van der Waals surface area contributed by atoms with Gasteiger partial charge < -0.3 is 10.0 Å². The highest BCUT2D eigenvalue weighted by molar-refractivity contribution is 6.28. The van der Waals surface area contributed by atoms with Crippen molar-refractivity contribution in [3.05, 3.63) is 23.7 Å². The predicted molar refractivity (Wildman–Crippen MR) is 74.0 cm³/mol. The minimum atomic E-state index is 0.157. The van der Waals surface area contributed by atoms with E-state index in [1.165, 1.54) is 0 Å². The molecule has 0 unspecified atom stereocenters. The first-order chi connectivity index (χ1) is 9.76. The number of hydrogen-bond acceptors (Lipinski definition) is 6. The third kappa shape index (κ3) is 2.73. The Hall–Kier alpha value is -1.73. The van der Waals surface area contributed by atoms with Crippen LogP contribution in [0.3, 0.4) is 0 Å². The summed E-state index contributed by atoms with van der Waals surface area (Å²) in [4.78, 5) is 14.7. The second kappa shape index (κ2) is 5.72. The fourth-order valence-electron chi connectivity index (χ4n) is 2.28. The lowest BCUT2D eigenvalue weighted by Crippen LogP contribution is -2.36. The van der Waals surface area contributed by atoms with Crippen LogP contribution in [0.4, 0.5) is 5.95 Å². The van der Waals surface area contributed by atoms with Gasteiger partial charge >= 0.3 is 0 Å². The molecule has 3 rings (SSSR count). The molecule has 0 saturated carbocycles. The Bertz CT molecular complexity index is 567. The lowest BCUT2D eigenvalue weighted by Gasteiger charge is -2.31. The molecule has 0 aromatic carbocycles. The second-order valence-electron chi connectivity index (χ2n) is 4.77. The van der Waals surface area contributed by atoms with E-state index in [4.69, 9.17) is 16.7 Å². The Morgan fingerprint density at radius 2 is 1.95 bits per heavy atom. The van der Waals surface area contributed by atoms with E-state index < -0.39 is 0 Å². The van der Waals surface area contributed by atoms with Crippen LogP contribution in [0.1, 0.15) is 12.8 Å². The number of aliphatic hydroxyl groups is 1. The molecule has 1 aliphatic rings. The topological polar surface area (TPSA) is 80.0 Å². The molecule has 0 radical (unpaired) electrons. The van der Waals surface area contributed by atoms with Crippen molar-refractivity contribution in [1.29, 1.82) is 0 Å². The van der Waals surface area contributed by atoms with Gasteiger partial charge in [0.15, 0.2) is 0 Å². The molecule has 0 bridgehead atoms. The molecule has 1 aliphatic heterocycles. The van der Waals surface area contributed by atoms with Crippen LogP contribution in [0.25, 0.3) is 5.95 Å². The number of rotatable bonds is 3. The summed E-state index contributed by atoms with van der Waals surface area (Å²) in [7, 11) is 0. The molecule has 0 spiro atoms. The molecule has 106 valence electrons. The lowest BCUT2D eigenvalue weighted by molar-refractivity contribution is 0.202. The maximum absolute atomic E-state index is 9.17. The number of halogens is 1. The summed E-state index contributed by atoms with van der Waals surface area (Å²) < 4.78 is 1.55. The summed E-state index contributed by atoms with van der Waals surface area (Å²) in [6.45, 7) is 1.86. The first-order valence-corrected chi connectivity index (χ1v) is 6.91. The molecule has 8 heteroatoms. The number of piperidine rings is 1. The maximum atomic E-state index is 9.17. The zero-order valence-electron chi connectivity index (χ0n) is 10.9. The highest BCUT2D eigenvalue weighted by atomic mass is 35.5. The largest absolute Gasteiger partial charge is 0.396 e. The van der Waals surface area contributed by atoms with Crippen LogP contribution >= 0.6 is 11.6 Å². The highest BCUT2D eigenvalue weighted by Crippen LogP contribution is 2.21. The van der Waals surface area contributed by atoms with Gasteiger partial charge in [0.1, 0.15) is 0 Å². The van der Waals surface area contributed by atoms with E-state index in [2.05, 4.69) is 25.0 Å². The van der Waals surface area contributed by atoms with Crippen molar-refractivity contribution in [2.24, 2.45) is 5.92 Å². The van der Waals surface area contributed by atoms with Gasteiger partial charge in [-0.3, -0.25) is 0 Å². The molecular weight excluding hydrogens is 280 g/mol. The first-order valence-electron chi connectivity index (χ1n) is 6.53. The van der Waals surface area contributed by atoms with Crippen molar-refractivity contribution in [3.8, 4) is 5.95 Å². The van der Waals surface area contributed by atoms with Gasteiger partial charge in [-0.2, -0.15) is 20.1 Å². The molecule has 2 aromatic rings. The van der Waals surface area contributed by atoms with E-state index in [0.717, 1.165) is 25.9 Å². The van der Waals surface area contributed by atoms with Crippen molar-refractivity contribution in [2.45, 2.75) is 12.8 Å². The van der Waals surface area contributed by atoms with Crippen LogP contribution in [0.2, 0.25) is 5.28 Å². The summed E-state index contributed by atoms with van der Waals surface area (Å²) in [6, 6.07) is 1.80. The summed E-state index contributed by atoms with van der Waals surface area (Å²) in [5, 5.41) is 13.4. The van der Waals surface area contributed by atoms with E-state index >= 15 is 0 Å². The molecule has 0 aliphatic carbocycles. The molecule has 20 heavy (non-hydrogen) atoms. The first kappa shape index (κ1) is 13.3. The Morgan fingerprint density at radius 3 is 2.60 bits per heavy atom. The van der Waals surface area contributed by atoms with Gasteiger partial charge in [-0.1, -0.05) is 0 Å². The molecular formula is C12H15ClN6O. The zero-order chi connectivity index (χ0) is 13.9. The number of aliphatic hydroxyl groups excluding tert-OH is 1. The third-order valence-electron chi connectivity index (χ3n) is 3.45. The highest BCUT2D eigenvalue weighted by Gasteiger charge is 2.21. The van der Waals surface area contributed by atoms with E-state index in [1.54, 1.807) is 23.1 Å². The van der Waals surface area contributed by atoms with Crippen molar-refractivity contribution >= 4 is 17.5 Å². The Balaban J connectivity index is 1.83. The van der Waals surface area contributed by atoms with Gasteiger partial charge in [0.2, 0.25) is 11.2 Å². The van der Waals surface area contributed by atoms with E-state index in [0.29, 0.717) is 17.8 Å². The Morgan fingerprint density at radius 1 is 1.20 bits per heavy atom. The third-order valence-corrected chi connectivity index (χ3v) is 3.62. The Labute approximate surface area is 121 Å². The molecule has 0 amide bonds. The minimum absolute atomic E-state index is 0.157. The fraction of sp³-hybridized carbons (Fsp3) is 0.500. The maximum Gasteiger partial charge on any atom is 0.256 e. The van der Waals surface area contributed by atoms with Gasteiger partial charge in [-0.15, -0.1) is 0 Å². The summed E-state index contributed by atoms with van der Waals surface area (Å²) >= 11 is 5.97. The van der Waals surface area contributed by atoms with Gasteiger partial charge in [-0.05, 0) is 36.4 Å². The SMILES string of the molecule is OCC1CCN(c2nc(Cl)nc(-n3cccn3)n2)CC1. The number of anilines is 1. The molecule has 1 N–H and O–H groups in total. The standard InChI is InChI=1S/C12H15ClN6O/c13-10-15-11(18-6-2-9(8-20)3-7-18)17-12(16-10)19-5-1-4-14-19/h1,4-5,9,20H,2-3,6-8H2. The van der Waals surface area contributed by atoms with Gasteiger partial charge in [0.05, 0.1) is 0 Å². The quantitative estimate of drug-likeness (QED) is 0.907. The van der Waals surface area contributed by atoms with Crippen LogP contribution in [0.5, 0.6) is 0 Å². The van der Waals surface area contributed by atoms with Crippen molar-refractivity contribution < 1.29 is 5.11 Å². The second-order valence-corrected chi connectivity index (χ2v) is 5.11. The number of nitrogens with zero attached hydrogens (tertiary/aromatic N) is 6. The molecule has 7 nitrogen and oxygen atoms in total. The normalized spacial score (nSPS) is 16.6. The van der Waals surface area contributed by atoms with Gasteiger partial charge in [0.25, 0.3) is 5.95 Å². The molecule has 1 saturated heterocycles. The number of aromatic nitrogens is 5. The van der Waals surface area contributed by atoms with Crippen LogP contribution < -0.4 is 4.90 Å². The Kier molecular flexibility index (Phi) is 3.79. The van der Waals surface area contributed by atoms with E-state index in [-0.39, 0.29) is 11.9 Å². The summed E-state index contributed by atoms with van der Waals surface area (Å²) in [5.41, 5.74) is 0. The van der Waals surface area contributed by atoms with E-state index in [1.807, 2.05) is 0 Å². The van der Waals surface area contributed by atoms with Crippen molar-refractivity contribution in [1.82, 2.24) is 24.7 Å². The average molecular weight is 295 g/mol. The fourth-order valence-corrected chi connectivity index (χ4v) is 2.43. The van der Waals surface area contributed by atoms with Gasteiger partial charge in [-0.25, -0.2) is 4.68 Å². The monoisotopic (exact) mass is 294 g/mol. The van der Waals surface area contributed by atoms with Gasteiger partial charge in [0, 0.05) is 32.1 Å². The summed E-state index contributed by atoms with van der Waals surface area (Å²) in [6.07, 6.45) is 5.27.